The number of ether oxygens (including phenoxy) is 1. The van der Waals surface area contributed by atoms with Crippen LogP contribution in [0.2, 0.25) is 0 Å². The topological polar surface area (TPSA) is 105 Å². The minimum atomic E-state index is -1.36. The van der Waals surface area contributed by atoms with Crippen molar-refractivity contribution in [3.05, 3.63) is 23.5 Å². The first-order valence-electron chi connectivity index (χ1n) is 6.34. The van der Waals surface area contributed by atoms with Crippen LogP contribution in [-0.2, 0) is 4.74 Å². The number of aromatic carboxylic acids is 1. The number of methoxy groups -OCH3 is 1. The van der Waals surface area contributed by atoms with Crippen molar-refractivity contribution in [3.63, 3.8) is 0 Å². The number of halogens is 1. The number of carbonyl (C=O) groups excluding carboxylic acids is 1. The van der Waals surface area contributed by atoms with Gasteiger partial charge in [0.25, 0.3) is 0 Å². The molecule has 0 aliphatic carbocycles. The molecule has 1 unspecified atom stereocenters. The summed E-state index contributed by atoms with van der Waals surface area (Å²) in [7, 11) is 1.28. The van der Waals surface area contributed by atoms with Crippen molar-refractivity contribution in [1.82, 2.24) is 5.32 Å². The van der Waals surface area contributed by atoms with Crippen molar-refractivity contribution < 1.29 is 23.8 Å². The normalized spacial score (nSPS) is 17.6. The highest BCUT2D eigenvalue weighted by Crippen LogP contribution is 2.29. The number of hydrogen-bond acceptors (Lipinski definition) is 5. The van der Waals surface area contributed by atoms with E-state index in [0.717, 1.165) is 12.1 Å². The van der Waals surface area contributed by atoms with E-state index < -0.39 is 23.4 Å². The maximum Gasteiger partial charge on any atom is 0.407 e. The molecule has 21 heavy (non-hydrogen) atoms. The van der Waals surface area contributed by atoms with Crippen molar-refractivity contribution in [2.45, 2.75) is 12.5 Å². The number of rotatable bonds is 3. The van der Waals surface area contributed by atoms with Crippen molar-refractivity contribution in [3.8, 4) is 0 Å². The Hall–Kier alpha value is -2.51. The van der Waals surface area contributed by atoms with Crippen LogP contribution in [0.3, 0.4) is 0 Å². The van der Waals surface area contributed by atoms with Gasteiger partial charge in [0.15, 0.2) is 0 Å². The number of carboxylic acids is 1. The third kappa shape index (κ3) is 3.15. The van der Waals surface area contributed by atoms with Crippen LogP contribution in [0.5, 0.6) is 0 Å². The van der Waals surface area contributed by atoms with E-state index in [1.807, 2.05) is 0 Å². The van der Waals surface area contributed by atoms with Gasteiger partial charge in [0.05, 0.1) is 30.1 Å². The number of alkyl carbamates (subject to hydrolysis) is 1. The molecule has 1 saturated heterocycles. The quantitative estimate of drug-likeness (QED) is 0.720. The average Bonchev–Trinajstić information content (AvgIpc) is 2.88. The zero-order chi connectivity index (χ0) is 15.6. The first-order valence-corrected chi connectivity index (χ1v) is 6.34. The van der Waals surface area contributed by atoms with Crippen LogP contribution < -0.4 is 16.0 Å². The zero-order valence-electron chi connectivity index (χ0n) is 11.4. The van der Waals surface area contributed by atoms with E-state index in [9.17, 15) is 14.0 Å². The van der Waals surface area contributed by atoms with Crippen LogP contribution in [0.25, 0.3) is 0 Å². The molecule has 1 aromatic rings. The lowest BCUT2D eigenvalue weighted by molar-refractivity contribution is 0.0692. The Morgan fingerprint density at radius 2 is 2.24 bits per heavy atom. The SMILES string of the molecule is COC(=O)NC1CCN(c2cc(F)c(C(=O)O)cc2N)C1. The molecule has 0 saturated carbocycles. The van der Waals surface area contributed by atoms with Crippen LogP contribution in [0, 0.1) is 5.82 Å². The summed E-state index contributed by atoms with van der Waals surface area (Å²) in [5, 5.41) is 11.5. The minimum Gasteiger partial charge on any atom is -0.478 e. The fourth-order valence-corrected chi connectivity index (χ4v) is 2.34. The van der Waals surface area contributed by atoms with Crippen molar-refractivity contribution >= 4 is 23.4 Å². The van der Waals surface area contributed by atoms with Gasteiger partial charge in [0, 0.05) is 19.2 Å². The van der Waals surface area contributed by atoms with Gasteiger partial charge in [-0.1, -0.05) is 0 Å². The molecule has 1 heterocycles. The third-order valence-corrected chi connectivity index (χ3v) is 3.38. The number of nitrogens with two attached hydrogens (primary N) is 1. The highest BCUT2D eigenvalue weighted by Gasteiger charge is 2.26. The van der Waals surface area contributed by atoms with E-state index in [4.69, 9.17) is 10.8 Å². The molecule has 1 aliphatic heterocycles. The van der Waals surface area contributed by atoms with Gasteiger partial charge in [-0.2, -0.15) is 0 Å². The maximum absolute atomic E-state index is 13.7. The summed E-state index contributed by atoms with van der Waals surface area (Å²) in [5.41, 5.74) is 5.95. The van der Waals surface area contributed by atoms with Gasteiger partial charge < -0.3 is 25.8 Å². The first kappa shape index (κ1) is 14.9. The highest BCUT2D eigenvalue weighted by molar-refractivity contribution is 5.91. The number of benzene rings is 1. The molecule has 7 nitrogen and oxygen atoms in total. The van der Waals surface area contributed by atoms with Gasteiger partial charge in [-0.3, -0.25) is 0 Å². The van der Waals surface area contributed by atoms with Gasteiger partial charge in [0.2, 0.25) is 0 Å². The number of carboxylic acid groups (broad SMARTS) is 1. The van der Waals surface area contributed by atoms with Crippen LogP contribution in [0.15, 0.2) is 12.1 Å². The third-order valence-electron chi connectivity index (χ3n) is 3.38. The van der Waals surface area contributed by atoms with Crippen molar-refractivity contribution in [2.24, 2.45) is 0 Å². The summed E-state index contributed by atoms with van der Waals surface area (Å²) in [4.78, 5) is 23.8. The Labute approximate surface area is 120 Å². The lowest BCUT2D eigenvalue weighted by Crippen LogP contribution is -2.37. The smallest absolute Gasteiger partial charge is 0.407 e. The molecule has 1 aromatic carbocycles. The summed E-state index contributed by atoms with van der Waals surface area (Å²) in [6.45, 7) is 1.02. The fraction of sp³-hybridized carbons (Fsp3) is 0.385. The molecule has 1 atom stereocenters. The molecule has 114 valence electrons. The molecule has 1 amide bonds. The molecule has 0 radical (unpaired) electrons. The highest BCUT2D eigenvalue weighted by atomic mass is 19.1. The molecule has 2 rings (SSSR count). The number of nitrogens with zero attached hydrogens (tertiary/aromatic N) is 1. The second-order valence-corrected chi connectivity index (χ2v) is 4.76. The van der Waals surface area contributed by atoms with Crippen molar-refractivity contribution in [1.29, 1.82) is 0 Å². The summed E-state index contributed by atoms with van der Waals surface area (Å²) in [6.07, 6.45) is 0.138. The molecule has 0 bridgehead atoms. The predicted octanol–water partition coefficient (Wildman–Crippen LogP) is 1.04. The van der Waals surface area contributed by atoms with E-state index in [2.05, 4.69) is 10.1 Å². The molecular weight excluding hydrogens is 281 g/mol. The van der Waals surface area contributed by atoms with E-state index in [1.165, 1.54) is 7.11 Å². The number of amides is 1. The van der Waals surface area contributed by atoms with Crippen molar-refractivity contribution in [2.75, 3.05) is 30.8 Å². The molecule has 1 fully saturated rings. The number of nitrogen functional groups attached to an aromatic ring is 1. The Balaban J connectivity index is 2.15. The van der Waals surface area contributed by atoms with Crippen LogP contribution in [0.4, 0.5) is 20.6 Å². The van der Waals surface area contributed by atoms with Crippen LogP contribution in [-0.4, -0.2) is 43.4 Å². The van der Waals surface area contributed by atoms with E-state index >= 15 is 0 Å². The summed E-state index contributed by atoms with van der Waals surface area (Å²) in [5.74, 6) is -2.20. The average molecular weight is 297 g/mol. The van der Waals surface area contributed by atoms with Crippen LogP contribution >= 0.6 is 0 Å². The number of anilines is 2. The number of nitrogens with one attached hydrogen (secondary N) is 1. The lowest BCUT2D eigenvalue weighted by atomic mass is 10.1. The first-order chi connectivity index (χ1) is 9.92. The molecule has 4 N–H and O–H groups in total. The Morgan fingerprint density at radius 1 is 1.52 bits per heavy atom. The number of hydrogen-bond donors (Lipinski definition) is 3. The van der Waals surface area contributed by atoms with Gasteiger partial charge >= 0.3 is 12.1 Å². The van der Waals surface area contributed by atoms with E-state index in [-0.39, 0.29) is 11.7 Å². The summed E-state index contributed by atoms with van der Waals surface area (Å²) >= 11 is 0. The summed E-state index contributed by atoms with van der Waals surface area (Å²) < 4.78 is 18.3. The molecule has 1 aliphatic rings. The van der Waals surface area contributed by atoms with Gasteiger partial charge in [-0.15, -0.1) is 0 Å². The Morgan fingerprint density at radius 3 is 2.86 bits per heavy atom. The Kier molecular flexibility index (Phi) is 4.15. The Bertz CT molecular complexity index is 579. The van der Waals surface area contributed by atoms with Gasteiger partial charge in [0.1, 0.15) is 5.82 Å². The predicted molar refractivity (Wildman–Crippen MR) is 73.9 cm³/mol. The fourth-order valence-electron chi connectivity index (χ4n) is 2.34. The molecule has 0 aromatic heterocycles. The number of carbonyl (C=O) groups is 2. The minimum absolute atomic E-state index is 0.126. The molecular formula is C13H16FN3O4. The zero-order valence-corrected chi connectivity index (χ0v) is 11.4. The van der Waals surface area contributed by atoms with Crippen LogP contribution in [0.1, 0.15) is 16.8 Å². The van der Waals surface area contributed by atoms with Gasteiger partial charge in [-0.05, 0) is 12.5 Å². The second kappa shape index (κ2) is 5.86. The molecule has 0 spiro atoms. The van der Waals surface area contributed by atoms with Gasteiger partial charge in [-0.25, -0.2) is 14.0 Å². The summed E-state index contributed by atoms with van der Waals surface area (Å²) in [6, 6.07) is 2.09. The molecule has 8 heteroatoms. The monoisotopic (exact) mass is 297 g/mol. The van der Waals surface area contributed by atoms with E-state index in [1.54, 1.807) is 4.90 Å². The lowest BCUT2D eigenvalue weighted by Gasteiger charge is -2.21. The second-order valence-electron chi connectivity index (χ2n) is 4.76. The maximum atomic E-state index is 13.7. The standard InChI is InChI=1S/C13H16FN3O4/c1-21-13(20)16-7-2-3-17(6-7)11-5-9(14)8(12(18)19)4-10(11)15/h4-5,7H,2-3,6,15H2,1H3,(H,16,20)(H,18,19). The largest absolute Gasteiger partial charge is 0.478 e. The van der Waals surface area contributed by atoms with E-state index in [0.29, 0.717) is 25.2 Å².